The summed E-state index contributed by atoms with van der Waals surface area (Å²) in [6, 6.07) is -0.413. The maximum atomic E-state index is 11.8. The molecule has 1 saturated heterocycles. The van der Waals surface area contributed by atoms with Crippen LogP contribution in [0.25, 0.3) is 0 Å². The Kier molecular flexibility index (Phi) is 1.99. The minimum Gasteiger partial charge on any atom is -0.368 e. The van der Waals surface area contributed by atoms with Crippen LogP contribution in [0.3, 0.4) is 0 Å². The van der Waals surface area contributed by atoms with Crippen LogP contribution in [-0.2, 0) is 9.59 Å². The fourth-order valence-electron chi connectivity index (χ4n) is 1.98. The molecule has 0 bridgehead atoms. The monoisotopic (exact) mass is 197 g/mol. The quantitative estimate of drug-likeness (QED) is 0.592. The molecule has 14 heavy (non-hydrogen) atoms. The average molecular weight is 197 g/mol. The molecule has 5 heteroatoms. The summed E-state index contributed by atoms with van der Waals surface area (Å²) in [6.45, 7) is 0.616. The summed E-state index contributed by atoms with van der Waals surface area (Å²) in [6.07, 6.45) is 3.14. The van der Waals surface area contributed by atoms with Crippen LogP contribution in [0.4, 0.5) is 0 Å². The second kappa shape index (κ2) is 2.95. The van der Waals surface area contributed by atoms with E-state index in [9.17, 15) is 9.59 Å². The van der Waals surface area contributed by atoms with Crippen molar-refractivity contribution in [2.24, 2.45) is 11.5 Å². The molecule has 4 N–H and O–H groups in total. The molecule has 1 aliphatic carbocycles. The van der Waals surface area contributed by atoms with Gasteiger partial charge in [-0.2, -0.15) is 0 Å². The lowest BCUT2D eigenvalue weighted by Gasteiger charge is -2.46. The molecule has 1 heterocycles. The van der Waals surface area contributed by atoms with Crippen LogP contribution in [0, 0.1) is 0 Å². The number of likely N-dealkylation sites (tertiary alicyclic amines) is 1. The van der Waals surface area contributed by atoms with E-state index in [2.05, 4.69) is 0 Å². The molecule has 78 valence electrons. The Morgan fingerprint density at radius 3 is 2.29 bits per heavy atom. The molecule has 1 aliphatic heterocycles. The van der Waals surface area contributed by atoms with Crippen LogP contribution in [-0.4, -0.2) is 34.8 Å². The van der Waals surface area contributed by atoms with Crippen LogP contribution < -0.4 is 11.5 Å². The summed E-state index contributed by atoms with van der Waals surface area (Å²) in [4.78, 5) is 24.3. The van der Waals surface area contributed by atoms with Crippen molar-refractivity contribution in [3.05, 3.63) is 0 Å². The van der Waals surface area contributed by atoms with Gasteiger partial charge in [-0.05, 0) is 25.7 Å². The van der Waals surface area contributed by atoms with E-state index in [0.29, 0.717) is 13.0 Å². The van der Waals surface area contributed by atoms with Crippen LogP contribution in [0.5, 0.6) is 0 Å². The summed E-state index contributed by atoms with van der Waals surface area (Å²) in [5.74, 6) is -0.522. The van der Waals surface area contributed by atoms with Crippen molar-refractivity contribution < 1.29 is 9.59 Å². The van der Waals surface area contributed by atoms with Gasteiger partial charge in [0, 0.05) is 6.54 Å². The molecule has 2 amide bonds. The van der Waals surface area contributed by atoms with E-state index in [1.807, 2.05) is 0 Å². The zero-order valence-electron chi connectivity index (χ0n) is 8.03. The number of nitrogens with zero attached hydrogens (tertiary/aromatic N) is 1. The summed E-state index contributed by atoms with van der Waals surface area (Å²) in [7, 11) is 0. The van der Waals surface area contributed by atoms with E-state index in [4.69, 9.17) is 11.5 Å². The summed E-state index contributed by atoms with van der Waals surface area (Å²) in [5, 5.41) is 0. The standard InChI is InChI=1S/C9H15N3O2/c10-7(13)6-2-5-12(6)8(14)9(11)3-1-4-9/h6H,1-5,11H2,(H2,10,13). The Morgan fingerprint density at radius 1 is 1.36 bits per heavy atom. The van der Waals surface area contributed by atoms with Crippen LogP contribution in [0.15, 0.2) is 0 Å². The first-order chi connectivity index (χ1) is 6.54. The minimum absolute atomic E-state index is 0.0983. The topological polar surface area (TPSA) is 89.4 Å². The zero-order valence-corrected chi connectivity index (χ0v) is 8.03. The van der Waals surface area contributed by atoms with E-state index in [1.165, 1.54) is 4.90 Å². The highest BCUT2D eigenvalue weighted by atomic mass is 16.2. The SMILES string of the molecule is NC(=O)C1CCN1C(=O)C1(N)CCC1. The van der Waals surface area contributed by atoms with E-state index in [0.717, 1.165) is 19.3 Å². The molecule has 2 fully saturated rings. The zero-order chi connectivity index (χ0) is 10.3. The second-order valence-electron chi connectivity index (χ2n) is 4.22. The van der Waals surface area contributed by atoms with E-state index in [-0.39, 0.29) is 5.91 Å². The van der Waals surface area contributed by atoms with Gasteiger partial charge in [-0.15, -0.1) is 0 Å². The molecule has 0 aromatic rings. The Hall–Kier alpha value is -1.10. The maximum absolute atomic E-state index is 11.8. The first-order valence-corrected chi connectivity index (χ1v) is 4.94. The number of primary amides is 1. The van der Waals surface area contributed by atoms with Crippen LogP contribution in [0.1, 0.15) is 25.7 Å². The first kappa shape index (κ1) is 9.45. The average Bonchev–Trinajstić information content (AvgIpc) is 1.96. The van der Waals surface area contributed by atoms with Gasteiger partial charge in [0.1, 0.15) is 6.04 Å². The molecule has 0 aromatic heterocycles. The lowest BCUT2D eigenvalue weighted by atomic mass is 9.75. The molecule has 1 unspecified atom stereocenters. The fraction of sp³-hybridized carbons (Fsp3) is 0.778. The predicted octanol–water partition coefficient (Wildman–Crippen LogP) is -1.05. The number of carbonyl (C=O) groups excluding carboxylic acids is 2. The van der Waals surface area contributed by atoms with Crippen LogP contribution in [0.2, 0.25) is 0 Å². The van der Waals surface area contributed by atoms with Gasteiger partial charge in [0.05, 0.1) is 5.54 Å². The normalized spacial score (nSPS) is 28.9. The molecule has 0 radical (unpaired) electrons. The van der Waals surface area contributed by atoms with Crippen molar-refractivity contribution in [1.82, 2.24) is 4.90 Å². The number of hydrogen-bond donors (Lipinski definition) is 2. The number of nitrogens with two attached hydrogens (primary N) is 2. The first-order valence-electron chi connectivity index (χ1n) is 4.94. The van der Waals surface area contributed by atoms with E-state index < -0.39 is 17.5 Å². The van der Waals surface area contributed by atoms with Gasteiger partial charge in [-0.1, -0.05) is 0 Å². The van der Waals surface area contributed by atoms with E-state index >= 15 is 0 Å². The largest absolute Gasteiger partial charge is 0.368 e. The Labute approximate surface area is 82.4 Å². The number of rotatable bonds is 2. The molecule has 1 atom stereocenters. The fourth-order valence-corrected chi connectivity index (χ4v) is 1.98. The van der Waals surface area contributed by atoms with Gasteiger partial charge in [0.15, 0.2) is 0 Å². The van der Waals surface area contributed by atoms with Gasteiger partial charge in [0.2, 0.25) is 11.8 Å². The molecular weight excluding hydrogens is 182 g/mol. The van der Waals surface area contributed by atoms with Crippen molar-refractivity contribution >= 4 is 11.8 Å². The molecule has 5 nitrogen and oxygen atoms in total. The van der Waals surface area contributed by atoms with Crippen molar-refractivity contribution in [1.29, 1.82) is 0 Å². The Bertz CT molecular complexity index is 286. The maximum Gasteiger partial charge on any atom is 0.243 e. The smallest absolute Gasteiger partial charge is 0.243 e. The minimum atomic E-state index is -0.700. The predicted molar refractivity (Wildman–Crippen MR) is 50.1 cm³/mol. The van der Waals surface area contributed by atoms with Crippen molar-refractivity contribution in [3.63, 3.8) is 0 Å². The Balaban J connectivity index is 2.02. The summed E-state index contributed by atoms with van der Waals surface area (Å²) >= 11 is 0. The molecule has 2 rings (SSSR count). The third kappa shape index (κ3) is 1.19. The highest BCUT2D eigenvalue weighted by Gasteiger charge is 2.48. The molecule has 1 saturated carbocycles. The van der Waals surface area contributed by atoms with Gasteiger partial charge < -0.3 is 16.4 Å². The van der Waals surface area contributed by atoms with E-state index in [1.54, 1.807) is 0 Å². The summed E-state index contributed by atoms with van der Waals surface area (Å²) in [5.41, 5.74) is 10.3. The van der Waals surface area contributed by atoms with Gasteiger partial charge in [-0.25, -0.2) is 0 Å². The number of amides is 2. The van der Waals surface area contributed by atoms with Gasteiger partial charge >= 0.3 is 0 Å². The molecular formula is C9H15N3O2. The third-order valence-corrected chi connectivity index (χ3v) is 3.28. The highest BCUT2D eigenvalue weighted by molar-refractivity contribution is 5.93. The van der Waals surface area contributed by atoms with Crippen molar-refractivity contribution in [3.8, 4) is 0 Å². The number of carbonyl (C=O) groups is 2. The lowest BCUT2D eigenvalue weighted by molar-refractivity contribution is -0.153. The number of hydrogen-bond acceptors (Lipinski definition) is 3. The van der Waals surface area contributed by atoms with Gasteiger partial charge in [0.25, 0.3) is 0 Å². The lowest BCUT2D eigenvalue weighted by Crippen LogP contribution is -2.67. The molecule has 0 spiro atoms. The van der Waals surface area contributed by atoms with Crippen LogP contribution >= 0.6 is 0 Å². The molecule has 0 aromatic carbocycles. The van der Waals surface area contributed by atoms with Gasteiger partial charge in [-0.3, -0.25) is 9.59 Å². The van der Waals surface area contributed by atoms with Crippen molar-refractivity contribution in [2.75, 3.05) is 6.54 Å². The third-order valence-electron chi connectivity index (χ3n) is 3.28. The second-order valence-corrected chi connectivity index (χ2v) is 4.22. The molecule has 2 aliphatic rings. The van der Waals surface area contributed by atoms with Crippen molar-refractivity contribution in [2.45, 2.75) is 37.3 Å². The Morgan fingerprint density at radius 2 is 2.00 bits per heavy atom. The highest BCUT2D eigenvalue weighted by Crippen LogP contribution is 2.33. The summed E-state index contributed by atoms with van der Waals surface area (Å²) < 4.78 is 0.